The first-order valence-electron chi connectivity index (χ1n) is 6.04. The van der Waals surface area contributed by atoms with Crippen molar-refractivity contribution in [2.75, 3.05) is 19.0 Å². The molecule has 1 amide bonds. The topological polar surface area (TPSA) is 75.6 Å². The summed E-state index contributed by atoms with van der Waals surface area (Å²) in [5.41, 5.74) is 0. The number of hydrogen-bond acceptors (Lipinski definition) is 4. The quantitative estimate of drug-likeness (QED) is 0.783. The number of carbonyl (C=O) groups is 2. The van der Waals surface area contributed by atoms with Gasteiger partial charge < -0.3 is 15.2 Å². The number of thioether (sulfide) groups is 1. The van der Waals surface area contributed by atoms with E-state index in [9.17, 15) is 9.59 Å². The number of nitrogens with one attached hydrogen (secondary N) is 1. The molecule has 2 unspecified atom stereocenters. The number of benzene rings is 1. The Morgan fingerprint density at radius 2 is 2.05 bits per heavy atom. The predicted molar refractivity (Wildman–Crippen MR) is 78.7 cm³/mol. The van der Waals surface area contributed by atoms with Crippen LogP contribution in [0.3, 0.4) is 0 Å². The van der Waals surface area contributed by atoms with E-state index >= 15 is 0 Å². The number of aliphatic carboxylic acids is 1. The molecule has 0 aromatic heterocycles. The summed E-state index contributed by atoms with van der Waals surface area (Å²) in [7, 11) is 0. The molecule has 2 atom stereocenters. The summed E-state index contributed by atoms with van der Waals surface area (Å²) in [6.45, 7) is 0.409. The molecule has 1 aromatic carbocycles. The Kier molecular flexibility index (Phi) is 5.45. The molecule has 20 heavy (non-hydrogen) atoms. The van der Waals surface area contributed by atoms with Gasteiger partial charge in [0, 0.05) is 9.37 Å². The maximum atomic E-state index is 11.8. The molecule has 1 fully saturated rings. The lowest BCUT2D eigenvalue weighted by Crippen LogP contribution is -2.43. The van der Waals surface area contributed by atoms with Crippen molar-refractivity contribution in [2.45, 2.75) is 10.9 Å². The van der Waals surface area contributed by atoms with Crippen molar-refractivity contribution in [1.29, 1.82) is 0 Å². The SMILES string of the molecule is O=C(CSc1ccc(Br)cc1)NC1COCC1C(=O)O. The zero-order valence-corrected chi connectivity index (χ0v) is 12.9. The smallest absolute Gasteiger partial charge is 0.311 e. The second-order valence-corrected chi connectivity index (χ2v) is 6.36. The summed E-state index contributed by atoms with van der Waals surface area (Å²) in [5, 5.41) is 11.7. The van der Waals surface area contributed by atoms with Gasteiger partial charge in [-0.2, -0.15) is 0 Å². The Morgan fingerprint density at radius 1 is 1.35 bits per heavy atom. The predicted octanol–water partition coefficient (Wildman–Crippen LogP) is 1.76. The van der Waals surface area contributed by atoms with E-state index < -0.39 is 17.9 Å². The summed E-state index contributed by atoms with van der Waals surface area (Å²) in [6.07, 6.45) is 0. The van der Waals surface area contributed by atoms with Gasteiger partial charge in [0.15, 0.2) is 0 Å². The number of rotatable bonds is 5. The van der Waals surface area contributed by atoms with E-state index in [2.05, 4.69) is 21.2 Å². The van der Waals surface area contributed by atoms with Crippen LogP contribution in [0, 0.1) is 5.92 Å². The van der Waals surface area contributed by atoms with Crippen molar-refractivity contribution in [3.8, 4) is 0 Å². The average molecular weight is 360 g/mol. The zero-order valence-electron chi connectivity index (χ0n) is 10.5. The van der Waals surface area contributed by atoms with Crippen molar-refractivity contribution >= 4 is 39.6 Å². The molecule has 1 aliphatic rings. The summed E-state index contributed by atoms with van der Waals surface area (Å²) >= 11 is 4.76. The molecule has 108 valence electrons. The second kappa shape index (κ2) is 7.10. The Labute approximate surface area is 129 Å². The van der Waals surface area contributed by atoms with E-state index in [0.717, 1.165) is 9.37 Å². The number of carboxylic acid groups (broad SMARTS) is 1. The molecule has 0 spiro atoms. The first-order valence-corrected chi connectivity index (χ1v) is 7.82. The lowest BCUT2D eigenvalue weighted by molar-refractivity contribution is -0.142. The lowest BCUT2D eigenvalue weighted by Gasteiger charge is -2.15. The highest BCUT2D eigenvalue weighted by Gasteiger charge is 2.34. The van der Waals surface area contributed by atoms with E-state index in [1.54, 1.807) is 0 Å². The molecule has 0 aliphatic carbocycles. The fourth-order valence-corrected chi connectivity index (χ4v) is 2.84. The molecule has 2 N–H and O–H groups in total. The van der Waals surface area contributed by atoms with Crippen LogP contribution in [-0.4, -0.2) is 42.0 Å². The Morgan fingerprint density at radius 3 is 2.70 bits per heavy atom. The van der Waals surface area contributed by atoms with Crippen LogP contribution in [-0.2, 0) is 14.3 Å². The van der Waals surface area contributed by atoms with Gasteiger partial charge in [-0.3, -0.25) is 9.59 Å². The van der Waals surface area contributed by atoms with Crippen molar-refractivity contribution in [2.24, 2.45) is 5.92 Å². The van der Waals surface area contributed by atoms with Crippen LogP contribution >= 0.6 is 27.7 Å². The summed E-state index contributed by atoms with van der Waals surface area (Å²) < 4.78 is 6.09. The minimum absolute atomic E-state index is 0.153. The summed E-state index contributed by atoms with van der Waals surface area (Å²) in [4.78, 5) is 23.8. The minimum Gasteiger partial charge on any atom is -0.481 e. The van der Waals surface area contributed by atoms with Crippen molar-refractivity contribution in [1.82, 2.24) is 5.32 Å². The van der Waals surface area contributed by atoms with Crippen LogP contribution in [0.25, 0.3) is 0 Å². The fourth-order valence-electron chi connectivity index (χ4n) is 1.87. The molecular formula is C13H14BrNO4S. The standard InChI is InChI=1S/C13H14BrNO4S/c14-8-1-3-9(4-2-8)20-7-12(16)15-11-6-19-5-10(11)13(17)18/h1-4,10-11H,5-7H2,(H,15,16)(H,17,18). The van der Waals surface area contributed by atoms with Crippen molar-refractivity contribution < 1.29 is 19.4 Å². The molecule has 5 nitrogen and oxygen atoms in total. The number of amides is 1. The lowest BCUT2D eigenvalue weighted by atomic mass is 10.0. The molecule has 2 rings (SSSR count). The normalized spacial score (nSPS) is 21.6. The average Bonchev–Trinajstić information content (AvgIpc) is 2.86. The van der Waals surface area contributed by atoms with Gasteiger partial charge in [0.25, 0.3) is 0 Å². The summed E-state index contributed by atoms with van der Waals surface area (Å²) in [6, 6.07) is 7.21. The maximum absolute atomic E-state index is 11.8. The van der Waals surface area contributed by atoms with Gasteiger partial charge in [-0.15, -0.1) is 11.8 Å². The highest BCUT2D eigenvalue weighted by atomic mass is 79.9. The third kappa shape index (κ3) is 4.22. The third-order valence-electron chi connectivity index (χ3n) is 2.93. The number of carboxylic acids is 1. The van der Waals surface area contributed by atoms with Gasteiger partial charge in [-0.25, -0.2) is 0 Å². The number of hydrogen-bond donors (Lipinski definition) is 2. The van der Waals surface area contributed by atoms with Gasteiger partial charge in [0.1, 0.15) is 5.92 Å². The zero-order chi connectivity index (χ0) is 14.5. The minimum atomic E-state index is -0.937. The molecule has 1 saturated heterocycles. The van der Waals surface area contributed by atoms with E-state index in [4.69, 9.17) is 9.84 Å². The molecule has 0 saturated carbocycles. The van der Waals surface area contributed by atoms with E-state index in [-0.39, 0.29) is 24.9 Å². The first-order chi connectivity index (χ1) is 9.56. The van der Waals surface area contributed by atoms with Gasteiger partial charge in [-0.05, 0) is 24.3 Å². The molecule has 1 aliphatic heterocycles. The van der Waals surface area contributed by atoms with Crippen LogP contribution in [0.1, 0.15) is 0 Å². The number of carbonyl (C=O) groups excluding carboxylic acids is 1. The molecule has 0 radical (unpaired) electrons. The van der Waals surface area contributed by atoms with E-state index in [1.807, 2.05) is 24.3 Å². The second-order valence-electron chi connectivity index (χ2n) is 4.40. The molecular weight excluding hydrogens is 346 g/mol. The molecule has 7 heteroatoms. The van der Waals surface area contributed by atoms with Crippen LogP contribution in [0.5, 0.6) is 0 Å². The van der Waals surface area contributed by atoms with Crippen LogP contribution in [0.2, 0.25) is 0 Å². The summed E-state index contributed by atoms with van der Waals surface area (Å²) in [5.74, 6) is -1.52. The van der Waals surface area contributed by atoms with Crippen molar-refractivity contribution in [3.05, 3.63) is 28.7 Å². The van der Waals surface area contributed by atoms with Crippen LogP contribution in [0.15, 0.2) is 33.6 Å². The number of ether oxygens (including phenoxy) is 1. The van der Waals surface area contributed by atoms with Gasteiger partial charge >= 0.3 is 5.97 Å². The fraction of sp³-hybridized carbons (Fsp3) is 0.385. The van der Waals surface area contributed by atoms with Gasteiger partial charge in [0.2, 0.25) is 5.91 Å². The Balaban J connectivity index is 1.80. The maximum Gasteiger partial charge on any atom is 0.311 e. The van der Waals surface area contributed by atoms with Gasteiger partial charge in [-0.1, -0.05) is 15.9 Å². The first kappa shape index (κ1) is 15.3. The highest BCUT2D eigenvalue weighted by molar-refractivity contribution is 9.10. The largest absolute Gasteiger partial charge is 0.481 e. The highest BCUT2D eigenvalue weighted by Crippen LogP contribution is 2.21. The Hall–Kier alpha value is -1.05. The van der Waals surface area contributed by atoms with E-state index in [0.29, 0.717) is 0 Å². The third-order valence-corrected chi connectivity index (χ3v) is 4.47. The molecule has 1 heterocycles. The molecule has 0 bridgehead atoms. The van der Waals surface area contributed by atoms with E-state index in [1.165, 1.54) is 11.8 Å². The number of halogens is 1. The Bertz CT molecular complexity index is 494. The van der Waals surface area contributed by atoms with Crippen LogP contribution < -0.4 is 5.32 Å². The monoisotopic (exact) mass is 359 g/mol. The van der Waals surface area contributed by atoms with Gasteiger partial charge in [0.05, 0.1) is 25.0 Å². The molecule has 1 aromatic rings. The van der Waals surface area contributed by atoms with Crippen LogP contribution in [0.4, 0.5) is 0 Å². The van der Waals surface area contributed by atoms with Crippen molar-refractivity contribution in [3.63, 3.8) is 0 Å².